The Hall–Kier alpha value is -3.35. The van der Waals surface area contributed by atoms with Crippen molar-refractivity contribution in [2.45, 2.75) is 20.0 Å². The third-order valence-corrected chi connectivity index (χ3v) is 3.41. The van der Waals surface area contributed by atoms with Crippen LogP contribution in [0.2, 0.25) is 0 Å². The summed E-state index contributed by atoms with van der Waals surface area (Å²) >= 11 is 0. The van der Waals surface area contributed by atoms with E-state index in [1.54, 1.807) is 13.3 Å². The van der Waals surface area contributed by atoms with Gasteiger partial charge in [-0.2, -0.15) is 10.1 Å². The van der Waals surface area contributed by atoms with Crippen LogP contribution in [-0.4, -0.2) is 28.4 Å². The van der Waals surface area contributed by atoms with Gasteiger partial charge in [0.25, 0.3) is 0 Å². The summed E-state index contributed by atoms with van der Waals surface area (Å²) < 4.78 is 11.0. The summed E-state index contributed by atoms with van der Waals surface area (Å²) in [6.07, 6.45) is 1.69. The second-order valence-corrected chi connectivity index (χ2v) is 5.81. The van der Waals surface area contributed by atoms with Gasteiger partial charge < -0.3 is 20.1 Å². The summed E-state index contributed by atoms with van der Waals surface area (Å²) in [7, 11) is 1.62. The first-order valence-corrected chi connectivity index (χ1v) is 8.27. The fourth-order valence-electron chi connectivity index (χ4n) is 2.32. The van der Waals surface area contributed by atoms with Crippen LogP contribution < -0.4 is 20.1 Å². The van der Waals surface area contributed by atoms with Crippen molar-refractivity contribution in [3.8, 4) is 11.5 Å². The normalized spacial score (nSPS) is 10.5. The lowest BCUT2D eigenvalue weighted by Gasteiger charge is -2.12. The molecule has 3 aromatic rings. The molecule has 1 heterocycles. The monoisotopic (exact) mass is 351 g/mol. The molecule has 2 N–H and O–H groups in total. The van der Waals surface area contributed by atoms with Crippen molar-refractivity contribution in [2.24, 2.45) is 0 Å². The largest absolute Gasteiger partial charge is 0.495 e. The number of methoxy groups -OCH3 is 1. The number of nitrogens with one attached hydrogen (secondary N) is 2. The molecule has 134 valence electrons. The number of ether oxygens (including phenoxy) is 2. The maximum absolute atomic E-state index is 5.63. The van der Waals surface area contributed by atoms with Crippen LogP contribution in [0.4, 0.5) is 23.1 Å². The predicted octanol–water partition coefficient (Wildman–Crippen LogP) is 4.15. The van der Waals surface area contributed by atoms with E-state index >= 15 is 0 Å². The minimum Gasteiger partial charge on any atom is -0.495 e. The van der Waals surface area contributed by atoms with Gasteiger partial charge in [-0.1, -0.05) is 12.1 Å². The molecule has 1 aromatic heterocycles. The molecule has 26 heavy (non-hydrogen) atoms. The molecule has 0 saturated carbocycles. The second kappa shape index (κ2) is 8.15. The SMILES string of the molecule is COc1ccccc1Nc1cnnc(Nc2ccc(OC(C)C)cc2)n1. The number of para-hydroxylation sites is 2. The first-order valence-electron chi connectivity index (χ1n) is 8.27. The Bertz CT molecular complexity index is 853. The van der Waals surface area contributed by atoms with Gasteiger partial charge in [0.15, 0.2) is 5.82 Å². The number of hydrogen-bond donors (Lipinski definition) is 2. The Labute approximate surface area is 152 Å². The predicted molar refractivity (Wildman–Crippen MR) is 102 cm³/mol. The molecule has 0 fully saturated rings. The maximum Gasteiger partial charge on any atom is 0.249 e. The molecule has 0 spiro atoms. The van der Waals surface area contributed by atoms with Crippen LogP contribution in [0.3, 0.4) is 0 Å². The molecule has 0 amide bonds. The van der Waals surface area contributed by atoms with E-state index in [0.717, 1.165) is 22.9 Å². The van der Waals surface area contributed by atoms with Crippen molar-refractivity contribution >= 4 is 23.1 Å². The van der Waals surface area contributed by atoms with Gasteiger partial charge in [-0.3, -0.25) is 0 Å². The summed E-state index contributed by atoms with van der Waals surface area (Å²) in [6.45, 7) is 3.98. The van der Waals surface area contributed by atoms with Gasteiger partial charge in [-0.25, -0.2) is 0 Å². The molecule has 0 radical (unpaired) electrons. The minimum atomic E-state index is 0.138. The van der Waals surface area contributed by atoms with E-state index in [1.165, 1.54) is 0 Å². The second-order valence-electron chi connectivity index (χ2n) is 5.81. The molecule has 0 aliphatic carbocycles. The zero-order chi connectivity index (χ0) is 18.4. The molecule has 0 aliphatic heterocycles. The van der Waals surface area contributed by atoms with E-state index in [1.807, 2.05) is 62.4 Å². The van der Waals surface area contributed by atoms with Crippen molar-refractivity contribution in [2.75, 3.05) is 17.7 Å². The van der Waals surface area contributed by atoms with Crippen LogP contribution in [-0.2, 0) is 0 Å². The molecule has 0 aliphatic rings. The quantitative estimate of drug-likeness (QED) is 0.661. The summed E-state index contributed by atoms with van der Waals surface area (Å²) in [5, 5.41) is 14.3. The van der Waals surface area contributed by atoms with Gasteiger partial charge in [-0.15, -0.1) is 5.10 Å². The Morgan fingerprint density at radius 2 is 1.73 bits per heavy atom. The Morgan fingerprint density at radius 1 is 0.962 bits per heavy atom. The van der Waals surface area contributed by atoms with Crippen molar-refractivity contribution < 1.29 is 9.47 Å². The van der Waals surface area contributed by atoms with Gasteiger partial charge >= 0.3 is 0 Å². The zero-order valence-electron chi connectivity index (χ0n) is 14.9. The number of aromatic nitrogens is 3. The van der Waals surface area contributed by atoms with Crippen molar-refractivity contribution in [1.82, 2.24) is 15.2 Å². The standard InChI is InChI=1S/C19H21N5O2/c1-13(2)26-15-10-8-14(9-11-15)21-19-23-18(12-20-24-19)22-16-6-4-5-7-17(16)25-3/h4-13H,1-3H3,(H2,21,22,23,24). The number of nitrogens with zero attached hydrogens (tertiary/aromatic N) is 3. The molecule has 2 aromatic carbocycles. The lowest BCUT2D eigenvalue weighted by atomic mass is 10.3. The van der Waals surface area contributed by atoms with Crippen LogP contribution >= 0.6 is 0 Å². The first-order chi connectivity index (χ1) is 12.6. The third kappa shape index (κ3) is 4.60. The molecule has 0 bridgehead atoms. The van der Waals surface area contributed by atoms with Crippen LogP contribution in [0, 0.1) is 0 Å². The van der Waals surface area contributed by atoms with Gasteiger partial charge in [0.05, 0.1) is 25.1 Å². The summed E-state index contributed by atoms with van der Waals surface area (Å²) in [4.78, 5) is 4.43. The van der Waals surface area contributed by atoms with Crippen LogP contribution in [0.1, 0.15) is 13.8 Å². The van der Waals surface area contributed by atoms with Gasteiger partial charge in [0.2, 0.25) is 5.95 Å². The number of rotatable bonds is 7. The van der Waals surface area contributed by atoms with Gasteiger partial charge in [-0.05, 0) is 50.2 Å². The van der Waals surface area contributed by atoms with Gasteiger partial charge in [0.1, 0.15) is 11.5 Å². The highest BCUT2D eigenvalue weighted by Crippen LogP contribution is 2.26. The molecule has 7 heteroatoms. The molecule has 3 rings (SSSR count). The fraction of sp³-hybridized carbons (Fsp3) is 0.211. The van der Waals surface area contributed by atoms with E-state index in [-0.39, 0.29) is 6.10 Å². The highest BCUT2D eigenvalue weighted by atomic mass is 16.5. The maximum atomic E-state index is 5.63. The van der Waals surface area contributed by atoms with Gasteiger partial charge in [0, 0.05) is 5.69 Å². The lowest BCUT2D eigenvalue weighted by Crippen LogP contribution is -2.05. The molecule has 0 atom stereocenters. The lowest BCUT2D eigenvalue weighted by molar-refractivity contribution is 0.242. The van der Waals surface area contributed by atoms with E-state index in [9.17, 15) is 0 Å². The highest BCUT2D eigenvalue weighted by Gasteiger charge is 2.06. The zero-order valence-corrected chi connectivity index (χ0v) is 14.9. The Balaban J connectivity index is 1.71. The number of hydrogen-bond acceptors (Lipinski definition) is 7. The number of anilines is 4. The molecular formula is C19H21N5O2. The van der Waals surface area contributed by atoms with E-state index in [2.05, 4.69) is 25.8 Å². The molecule has 0 unspecified atom stereocenters. The average Bonchev–Trinajstić information content (AvgIpc) is 2.64. The summed E-state index contributed by atoms with van der Waals surface area (Å²) in [5.74, 6) is 2.49. The van der Waals surface area contributed by atoms with E-state index in [0.29, 0.717) is 11.8 Å². The summed E-state index contributed by atoms with van der Waals surface area (Å²) in [6, 6.07) is 15.2. The van der Waals surface area contributed by atoms with E-state index < -0.39 is 0 Å². The minimum absolute atomic E-state index is 0.138. The van der Waals surface area contributed by atoms with Crippen LogP contribution in [0.15, 0.2) is 54.7 Å². The van der Waals surface area contributed by atoms with Crippen molar-refractivity contribution in [1.29, 1.82) is 0 Å². The van der Waals surface area contributed by atoms with Crippen molar-refractivity contribution in [3.05, 3.63) is 54.7 Å². The first kappa shape index (κ1) is 17.5. The van der Waals surface area contributed by atoms with Crippen LogP contribution in [0.25, 0.3) is 0 Å². The Morgan fingerprint density at radius 3 is 2.46 bits per heavy atom. The Kier molecular flexibility index (Phi) is 5.48. The number of benzene rings is 2. The van der Waals surface area contributed by atoms with Crippen LogP contribution in [0.5, 0.6) is 11.5 Å². The average molecular weight is 351 g/mol. The molecule has 7 nitrogen and oxygen atoms in total. The smallest absolute Gasteiger partial charge is 0.249 e. The third-order valence-electron chi connectivity index (χ3n) is 3.41. The van der Waals surface area contributed by atoms with Crippen molar-refractivity contribution in [3.63, 3.8) is 0 Å². The van der Waals surface area contributed by atoms with E-state index in [4.69, 9.17) is 9.47 Å². The summed E-state index contributed by atoms with van der Waals surface area (Å²) in [5.41, 5.74) is 1.65. The highest BCUT2D eigenvalue weighted by molar-refractivity contribution is 5.64. The molecular weight excluding hydrogens is 330 g/mol. The fourth-order valence-corrected chi connectivity index (χ4v) is 2.32. The topological polar surface area (TPSA) is 81.2 Å². The molecule has 0 saturated heterocycles.